The number of pyridine rings is 1. The van der Waals surface area contributed by atoms with Crippen molar-refractivity contribution in [3.8, 4) is 11.5 Å². The van der Waals surface area contributed by atoms with E-state index in [-0.39, 0.29) is 11.9 Å². The maximum atomic E-state index is 13.7. The molecule has 1 N–H and O–H groups in total. The molecule has 0 radical (unpaired) electrons. The number of nitrogens with zero attached hydrogens (tertiary/aromatic N) is 2. The van der Waals surface area contributed by atoms with Gasteiger partial charge in [0.05, 0.1) is 5.69 Å². The van der Waals surface area contributed by atoms with Crippen molar-refractivity contribution < 1.29 is 14.3 Å². The average Bonchev–Trinajstić information content (AvgIpc) is 3.40. The van der Waals surface area contributed by atoms with Crippen molar-refractivity contribution in [1.29, 1.82) is 0 Å². The van der Waals surface area contributed by atoms with Gasteiger partial charge in [-0.2, -0.15) is 0 Å². The molecule has 1 aromatic carbocycles. The molecule has 0 bridgehead atoms. The zero-order valence-electron chi connectivity index (χ0n) is 16.1. The summed E-state index contributed by atoms with van der Waals surface area (Å²) in [6.45, 7) is 1.58. The fourth-order valence-corrected chi connectivity index (χ4v) is 5.33. The predicted octanol–water partition coefficient (Wildman–Crippen LogP) is 4.18. The summed E-state index contributed by atoms with van der Waals surface area (Å²) in [5, 5.41) is 3.07. The summed E-state index contributed by atoms with van der Waals surface area (Å²) in [5.41, 5.74) is 4.24. The first-order chi connectivity index (χ1) is 14.8. The molecular weight excluding hydrogens is 398 g/mol. The summed E-state index contributed by atoms with van der Waals surface area (Å²) in [6, 6.07) is 13.9. The van der Waals surface area contributed by atoms with Crippen LogP contribution in [-0.4, -0.2) is 40.5 Å². The van der Waals surface area contributed by atoms with Gasteiger partial charge in [-0.05, 0) is 30.2 Å². The Bertz CT molecular complexity index is 1250. The van der Waals surface area contributed by atoms with Gasteiger partial charge in [0.25, 0.3) is 5.91 Å². The zero-order valence-corrected chi connectivity index (χ0v) is 16.9. The van der Waals surface area contributed by atoms with E-state index in [1.165, 1.54) is 22.3 Å². The number of aromatic amines is 1. The van der Waals surface area contributed by atoms with Gasteiger partial charge >= 0.3 is 0 Å². The third-order valence-electron chi connectivity index (χ3n) is 5.76. The summed E-state index contributed by atoms with van der Waals surface area (Å²) in [5.74, 6) is 1.18. The first kappa shape index (κ1) is 17.5. The first-order valence-electron chi connectivity index (χ1n) is 9.99. The number of ether oxygens (including phenoxy) is 2. The quantitative estimate of drug-likeness (QED) is 0.531. The minimum atomic E-state index is -0.280. The highest BCUT2D eigenvalue weighted by atomic mass is 32.1. The molecule has 4 aromatic rings. The molecule has 150 valence electrons. The molecule has 0 saturated heterocycles. The Kier molecular flexibility index (Phi) is 4.02. The SMILES string of the molecule is O=C(c1scc2c1OCCO2)N1CCc2c([nH]c3ccccc23)[C@H]1c1ccccn1. The molecule has 0 aliphatic carbocycles. The molecule has 3 aromatic heterocycles. The standard InChI is InChI=1S/C23H19N3O3S/c27-23(22-21-18(13-30-22)28-11-12-29-21)26-10-8-15-14-5-1-2-6-16(14)25-19(15)20(26)17-7-3-4-9-24-17/h1-7,9,13,20,25H,8,10-12H2/t20-/m1/s1. The van der Waals surface area contributed by atoms with E-state index in [1.54, 1.807) is 6.20 Å². The summed E-state index contributed by atoms with van der Waals surface area (Å²) < 4.78 is 11.4. The zero-order chi connectivity index (χ0) is 20.1. The molecule has 1 atom stereocenters. The van der Waals surface area contributed by atoms with Crippen LogP contribution in [0.5, 0.6) is 11.5 Å². The van der Waals surface area contributed by atoms with E-state index in [2.05, 4.69) is 28.2 Å². The number of rotatable bonds is 2. The van der Waals surface area contributed by atoms with Gasteiger partial charge < -0.3 is 19.4 Å². The maximum Gasteiger partial charge on any atom is 0.268 e. The highest BCUT2D eigenvalue weighted by Crippen LogP contribution is 2.43. The Hall–Kier alpha value is -3.32. The smallest absolute Gasteiger partial charge is 0.268 e. The predicted molar refractivity (Wildman–Crippen MR) is 114 cm³/mol. The van der Waals surface area contributed by atoms with Gasteiger partial charge in [-0.3, -0.25) is 9.78 Å². The molecule has 0 fully saturated rings. The van der Waals surface area contributed by atoms with Gasteiger partial charge in [0.2, 0.25) is 0 Å². The Labute approximate surface area is 177 Å². The molecule has 2 aliphatic rings. The lowest BCUT2D eigenvalue weighted by atomic mass is 9.94. The van der Waals surface area contributed by atoms with Crippen molar-refractivity contribution in [1.82, 2.24) is 14.9 Å². The van der Waals surface area contributed by atoms with Gasteiger partial charge in [0, 0.05) is 34.7 Å². The Morgan fingerprint density at radius 1 is 1.13 bits per heavy atom. The molecule has 0 spiro atoms. The van der Waals surface area contributed by atoms with Crippen molar-refractivity contribution in [3.05, 3.63) is 75.9 Å². The number of carbonyl (C=O) groups excluding carboxylic acids is 1. The largest absolute Gasteiger partial charge is 0.485 e. The Morgan fingerprint density at radius 2 is 2.00 bits per heavy atom. The van der Waals surface area contributed by atoms with Crippen molar-refractivity contribution in [3.63, 3.8) is 0 Å². The Morgan fingerprint density at radius 3 is 2.90 bits per heavy atom. The maximum absolute atomic E-state index is 13.7. The van der Waals surface area contributed by atoms with Gasteiger partial charge in [0.1, 0.15) is 24.1 Å². The normalized spacial score (nSPS) is 17.7. The summed E-state index contributed by atoms with van der Waals surface area (Å²) in [6.07, 6.45) is 2.57. The van der Waals surface area contributed by atoms with E-state index in [4.69, 9.17) is 9.47 Å². The fraction of sp³-hybridized carbons (Fsp3) is 0.217. The van der Waals surface area contributed by atoms with Crippen LogP contribution < -0.4 is 9.47 Å². The average molecular weight is 417 g/mol. The van der Waals surface area contributed by atoms with Crippen LogP contribution in [0.25, 0.3) is 10.9 Å². The minimum Gasteiger partial charge on any atom is -0.485 e. The van der Waals surface area contributed by atoms with E-state index in [0.717, 1.165) is 23.3 Å². The lowest BCUT2D eigenvalue weighted by Gasteiger charge is -2.35. The monoisotopic (exact) mass is 417 g/mol. The van der Waals surface area contributed by atoms with Crippen LogP contribution in [0.1, 0.15) is 32.7 Å². The lowest BCUT2D eigenvalue weighted by molar-refractivity contribution is 0.0685. The lowest BCUT2D eigenvalue weighted by Crippen LogP contribution is -2.40. The van der Waals surface area contributed by atoms with E-state index < -0.39 is 0 Å². The number of hydrogen-bond donors (Lipinski definition) is 1. The topological polar surface area (TPSA) is 67.5 Å². The number of benzene rings is 1. The third-order valence-corrected chi connectivity index (χ3v) is 6.69. The molecule has 1 amide bonds. The molecule has 7 heteroatoms. The van der Waals surface area contributed by atoms with Crippen LogP contribution in [0.3, 0.4) is 0 Å². The van der Waals surface area contributed by atoms with Crippen molar-refractivity contribution >= 4 is 28.1 Å². The molecule has 6 nitrogen and oxygen atoms in total. The van der Waals surface area contributed by atoms with Crippen LogP contribution in [0.4, 0.5) is 0 Å². The number of aromatic nitrogens is 2. The van der Waals surface area contributed by atoms with Crippen LogP contribution in [-0.2, 0) is 6.42 Å². The van der Waals surface area contributed by atoms with E-state index >= 15 is 0 Å². The van der Waals surface area contributed by atoms with Crippen molar-refractivity contribution in [2.45, 2.75) is 12.5 Å². The molecule has 0 unspecified atom stereocenters. The van der Waals surface area contributed by atoms with E-state index in [9.17, 15) is 4.79 Å². The molecule has 0 saturated carbocycles. The van der Waals surface area contributed by atoms with Crippen LogP contribution in [0.2, 0.25) is 0 Å². The molecule has 2 aliphatic heterocycles. The number of amides is 1. The summed E-state index contributed by atoms with van der Waals surface area (Å²) >= 11 is 1.38. The van der Waals surface area contributed by atoms with Crippen LogP contribution >= 0.6 is 11.3 Å². The number of hydrogen-bond acceptors (Lipinski definition) is 5. The molecule has 6 rings (SSSR count). The third kappa shape index (κ3) is 2.62. The second kappa shape index (κ2) is 6.88. The molecular formula is C23H19N3O3S. The fourth-order valence-electron chi connectivity index (χ4n) is 4.45. The highest BCUT2D eigenvalue weighted by Gasteiger charge is 2.38. The van der Waals surface area contributed by atoms with Crippen molar-refractivity contribution in [2.24, 2.45) is 0 Å². The van der Waals surface area contributed by atoms with Gasteiger partial charge in [0.15, 0.2) is 11.5 Å². The molecule has 5 heterocycles. The van der Waals surface area contributed by atoms with E-state index in [0.29, 0.717) is 36.1 Å². The van der Waals surface area contributed by atoms with Gasteiger partial charge in [-0.15, -0.1) is 11.3 Å². The van der Waals surface area contributed by atoms with Gasteiger partial charge in [-0.1, -0.05) is 24.3 Å². The number of H-pyrrole nitrogens is 1. The van der Waals surface area contributed by atoms with E-state index in [1.807, 2.05) is 34.5 Å². The van der Waals surface area contributed by atoms with Crippen LogP contribution in [0, 0.1) is 0 Å². The second-order valence-corrected chi connectivity index (χ2v) is 8.30. The number of nitrogens with one attached hydrogen (secondary N) is 1. The minimum absolute atomic E-state index is 0.0493. The highest BCUT2D eigenvalue weighted by molar-refractivity contribution is 7.12. The number of para-hydroxylation sites is 1. The number of thiophene rings is 1. The van der Waals surface area contributed by atoms with Gasteiger partial charge in [-0.25, -0.2) is 0 Å². The Balaban J connectivity index is 1.48. The van der Waals surface area contributed by atoms with Crippen LogP contribution in [0.15, 0.2) is 54.0 Å². The molecule has 30 heavy (non-hydrogen) atoms. The number of fused-ring (bicyclic) bond motifs is 4. The van der Waals surface area contributed by atoms with Crippen molar-refractivity contribution in [2.75, 3.05) is 19.8 Å². The summed E-state index contributed by atoms with van der Waals surface area (Å²) in [4.78, 5) is 24.4. The summed E-state index contributed by atoms with van der Waals surface area (Å²) in [7, 11) is 0. The first-order valence-corrected chi connectivity index (χ1v) is 10.9. The second-order valence-electron chi connectivity index (χ2n) is 7.42. The number of carbonyl (C=O) groups is 1.